The number of hydrogen-bond acceptors (Lipinski definition) is 5. The Kier molecular flexibility index (Phi) is 5.77. The summed E-state index contributed by atoms with van der Waals surface area (Å²) in [5.41, 5.74) is 3.96. The van der Waals surface area contributed by atoms with Gasteiger partial charge in [-0.05, 0) is 54.8 Å². The van der Waals surface area contributed by atoms with Crippen LogP contribution in [0.25, 0.3) is 5.76 Å². The molecule has 0 radical (unpaired) electrons. The second-order valence-electron chi connectivity index (χ2n) is 7.88. The van der Waals surface area contributed by atoms with Crippen LogP contribution in [0.4, 0.5) is 0 Å². The van der Waals surface area contributed by atoms with Crippen LogP contribution in [0, 0.1) is 13.8 Å². The summed E-state index contributed by atoms with van der Waals surface area (Å²) in [5, 5.41) is 11.2. The molecule has 0 aliphatic carbocycles. The molecule has 3 aromatic rings. The second kappa shape index (κ2) is 8.67. The standard InChI is InChI=1S/C26H24N2O4/c1-16-6-8-19(9-7-16)23-22(24(29)20-10-11-21(32-3)17(2)13-20)25(30)26(31)28(23)15-18-5-4-12-27-14-18/h4-14,23,29H,15H2,1-3H3. The van der Waals surface area contributed by atoms with Crippen molar-refractivity contribution in [2.24, 2.45) is 0 Å². The van der Waals surface area contributed by atoms with Gasteiger partial charge in [0.05, 0.1) is 18.7 Å². The second-order valence-corrected chi connectivity index (χ2v) is 7.88. The van der Waals surface area contributed by atoms with Gasteiger partial charge in [0.1, 0.15) is 11.5 Å². The number of aromatic nitrogens is 1. The van der Waals surface area contributed by atoms with Crippen molar-refractivity contribution in [3.05, 3.63) is 100 Å². The fourth-order valence-corrected chi connectivity index (χ4v) is 4.01. The zero-order chi connectivity index (χ0) is 22.8. The number of methoxy groups -OCH3 is 1. The van der Waals surface area contributed by atoms with Crippen LogP contribution in [0.15, 0.2) is 72.6 Å². The van der Waals surface area contributed by atoms with Gasteiger partial charge >= 0.3 is 0 Å². The fourth-order valence-electron chi connectivity index (χ4n) is 4.01. The van der Waals surface area contributed by atoms with Crippen LogP contribution < -0.4 is 4.74 Å². The Bertz CT molecular complexity index is 1200. The molecule has 6 nitrogen and oxygen atoms in total. The van der Waals surface area contributed by atoms with Crippen molar-refractivity contribution in [1.82, 2.24) is 9.88 Å². The molecule has 0 bridgehead atoms. The van der Waals surface area contributed by atoms with E-state index in [0.29, 0.717) is 11.3 Å². The highest BCUT2D eigenvalue weighted by atomic mass is 16.5. The largest absolute Gasteiger partial charge is 0.507 e. The lowest BCUT2D eigenvalue weighted by Gasteiger charge is -2.25. The molecule has 6 heteroatoms. The molecule has 2 aromatic carbocycles. The molecule has 1 aromatic heterocycles. The number of hydrogen-bond donors (Lipinski definition) is 1. The number of carbonyl (C=O) groups excluding carboxylic acids is 2. The highest BCUT2D eigenvalue weighted by molar-refractivity contribution is 6.46. The van der Waals surface area contributed by atoms with E-state index in [-0.39, 0.29) is 17.9 Å². The van der Waals surface area contributed by atoms with Crippen LogP contribution in [-0.4, -0.2) is 33.8 Å². The summed E-state index contributed by atoms with van der Waals surface area (Å²) in [6, 6.07) is 15.7. The van der Waals surface area contributed by atoms with E-state index in [1.54, 1.807) is 43.8 Å². The summed E-state index contributed by atoms with van der Waals surface area (Å²) < 4.78 is 5.30. The van der Waals surface area contributed by atoms with Crippen LogP contribution in [0.3, 0.4) is 0 Å². The summed E-state index contributed by atoms with van der Waals surface area (Å²) in [6.07, 6.45) is 3.32. The number of likely N-dealkylation sites (tertiary alicyclic amines) is 1. The number of Topliss-reactive ketones (excluding diaryl/α,β-unsaturated/α-hetero) is 1. The van der Waals surface area contributed by atoms with E-state index >= 15 is 0 Å². The molecule has 162 valence electrons. The first-order chi connectivity index (χ1) is 15.4. The number of aliphatic hydroxyl groups is 1. The number of ketones is 1. The quantitative estimate of drug-likeness (QED) is 0.372. The summed E-state index contributed by atoms with van der Waals surface area (Å²) in [7, 11) is 1.57. The Morgan fingerprint density at radius 1 is 1.09 bits per heavy atom. The highest BCUT2D eigenvalue weighted by Crippen LogP contribution is 2.40. The van der Waals surface area contributed by atoms with E-state index in [2.05, 4.69) is 4.98 Å². The Morgan fingerprint density at radius 3 is 2.47 bits per heavy atom. The molecule has 2 heterocycles. The number of carbonyl (C=O) groups is 2. The molecule has 1 N–H and O–H groups in total. The van der Waals surface area contributed by atoms with Crippen LogP contribution in [0.1, 0.15) is 33.9 Å². The normalized spacial score (nSPS) is 17.6. The molecule has 4 rings (SSSR count). The summed E-state index contributed by atoms with van der Waals surface area (Å²) in [4.78, 5) is 31.8. The van der Waals surface area contributed by atoms with Gasteiger partial charge in [0, 0.05) is 24.5 Å². The number of amides is 1. The third-order valence-electron chi connectivity index (χ3n) is 5.68. The first kappa shape index (κ1) is 21.3. The van der Waals surface area contributed by atoms with Gasteiger partial charge < -0.3 is 14.7 Å². The maximum absolute atomic E-state index is 13.1. The molecule has 1 saturated heterocycles. The molecule has 1 aliphatic heterocycles. The minimum atomic E-state index is -0.710. The summed E-state index contributed by atoms with van der Waals surface area (Å²) >= 11 is 0. The number of ether oxygens (including phenoxy) is 1. The first-order valence-electron chi connectivity index (χ1n) is 10.3. The number of nitrogens with zero attached hydrogens (tertiary/aromatic N) is 2. The third kappa shape index (κ3) is 3.87. The Morgan fingerprint density at radius 2 is 1.84 bits per heavy atom. The Labute approximate surface area is 186 Å². The maximum atomic E-state index is 13.1. The number of rotatable bonds is 5. The van der Waals surface area contributed by atoms with Crippen molar-refractivity contribution in [3.63, 3.8) is 0 Å². The van der Waals surface area contributed by atoms with Gasteiger partial charge in [0.25, 0.3) is 11.7 Å². The van der Waals surface area contributed by atoms with Gasteiger partial charge in [0.2, 0.25) is 0 Å². The Hall–Kier alpha value is -3.93. The van der Waals surface area contributed by atoms with Crippen LogP contribution in [0.2, 0.25) is 0 Å². The number of aliphatic hydroxyl groups excluding tert-OH is 1. The van der Waals surface area contributed by atoms with Crippen LogP contribution >= 0.6 is 0 Å². The van der Waals surface area contributed by atoms with Crippen molar-refractivity contribution >= 4 is 17.4 Å². The van der Waals surface area contributed by atoms with Gasteiger partial charge in [-0.2, -0.15) is 0 Å². The number of benzene rings is 2. The van der Waals surface area contributed by atoms with E-state index < -0.39 is 17.7 Å². The highest BCUT2D eigenvalue weighted by Gasteiger charge is 2.46. The molecule has 0 saturated carbocycles. The smallest absolute Gasteiger partial charge is 0.295 e. The zero-order valence-electron chi connectivity index (χ0n) is 18.2. The van der Waals surface area contributed by atoms with E-state index in [1.807, 2.05) is 44.2 Å². The van der Waals surface area contributed by atoms with Crippen molar-refractivity contribution in [2.75, 3.05) is 7.11 Å². The maximum Gasteiger partial charge on any atom is 0.295 e. The van der Waals surface area contributed by atoms with Gasteiger partial charge in [-0.1, -0.05) is 35.9 Å². The monoisotopic (exact) mass is 428 g/mol. The average Bonchev–Trinajstić information content (AvgIpc) is 3.04. The average molecular weight is 428 g/mol. The predicted octanol–water partition coefficient (Wildman–Crippen LogP) is 4.33. The lowest BCUT2D eigenvalue weighted by molar-refractivity contribution is -0.140. The van der Waals surface area contributed by atoms with Gasteiger partial charge in [-0.3, -0.25) is 14.6 Å². The van der Waals surface area contributed by atoms with Crippen molar-refractivity contribution < 1.29 is 19.4 Å². The third-order valence-corrected chi connectivity index (χ3v) is 5.68. The van der Waals surface area contributed by atoms with Crippen molar-refractivity contribution in [2.45, 2.75) is 26.4 Å². The van der Waals surface area contributed by atoms with Crippen LogP contribution in [0.5, 0.6) is 5.75 Å². The summed E-state index contributed by atoms with van der Waals surface area (Å²) in [6.45, 7) is 4.03. The van der Waals surface area contributed by atoms with Crippen LogP contribution in [-0.2, 0) is 16.1 Å². The molecule has 1 fully saturated rings. The lowest BCUT2D eigenvalue weighted by atomic mass is 9.94. The topological polar surface area (TPSA) is 79.7 Å². The fraction of sp³-hybridized carbons (Fsp3) is 0.192. The number of pyridine rings is 1. The van der Waals surface area contributed by atoms with E-state index in [1.165, 1.54) is 4.90 Å². The van der Waals surface area contributed by atoms with Crippen molar-refractivity contribution in [3.8, 4) is 5.75 Å². The minimum absolute atomic E-state index is 0.0762. The molecule has 1 aliphatic rings. The minimum Gasteiger partial charge on any atom is -0.507 e. The number of aryl methyl sites for hydroxylation is 2. The molecule has 1 atom stereocenters. The lowest BCUT2D eigenvalue weighted by Crippen LogP contribution is -2.29. The SMILES string of the molecule is COc1ccc(C(O)=C2C(=O)C(=O)N(Cc3cccnc3)C2c2ccc(C)cc2)cc1C. The van der Waals surface area contributed by atoms with Gasteiger partial charge in [0.15, 0.2) is 0 Å². The Balaban J connectivity index is 1.86. The molecular formula is C26H24N2O4. The predicted molar refractivity (Wildman–Crippen MR) is 121 cm³/mol. The van der Waals surface area contributed by atoms with E-state index in [9.17, 15) is 14.7 Å². The molecular weight excluding hydrogens is 404 g/mol. The summed E-state index contributed by atoms with van der Waals surface area (Å²) in [5.74, 6) is -0.876. The molecule has 1 unspecified atom stereocenters. The molecule has 32 heavy (non-hydrogen) atoms. The zero-order valence-corrected chi connectivity index (χ0v) is 18.2. The molecule has 1 amide bonds. The van der Waals surface area contributed by atoms with Gasteiger partial charge in [-0.25, -0.2) is 0 Å². The van der Waals surface area contributed by atoms with E-state index in [0.717, 1.165) is 22.3 Å². The van der Waals surface area contributed by atoms with E-state index in [4.69, 9.17) is 4.74 Å². The molecule has 0 spiro atoms. The van der Waals surface area contributed by atoms with Crippen molar-refractivity contribution in [1.29, 1.82) is 0 Å². The first-order valence-corrected chi connectivity index (χ1v) is 10.3. The van der Waals surface area contributed by atoms with Gasteiger partial charge in [-0.15, -0.1) is 0 Å².